The van der Waals surface area contributed by atoms with Crippen LogP contribution in [-0.4, -0.2) is 36.4 Å². The van der Waals surface area contributed by atoms with Gasteiger partial charge in [-0.25, -0.2) is 24.0 Å². The van der Waals surface area contributed by atoms with Crippen LogP contribution in [0.25, 0.3) is 17.8 Å². The Bertz CT molecular complexity index is 1340. The lowest BCUT2D eigenvalue weighted by Crippen LogP contribution is -2.18. The van der Waals surface area contributed by atoms with Gasteiger partial charge in [0.25, 0.3) is 0 Å². The first-order valence-corrected chi connectivity index (χ1v) is 11.0. The molecule has 0 N–H and O–H groups in total. The summed E-state index contributed by atoms with van der Waals surface area (Å²) in [5.41, 5.74) is 3.32. The van der Waals surface area contributed by atoms with Gasteiger partial charge in [-0.15, -0.1) is 0 Å². The summed E-state index contributed by atoms with van der Waals surface area (Å²) in [6.07, 6.45) is 9.17. The van der Waals surface area contributed by atoms with Gasteiger partial charge in [-0.2, -0.15) is 5.10 Å². The van der Waals surface area contributed by atoms with Gasteiger partial charge in [-0.3, -0.25) is 0 Å². The Hall–Kier alpha value is -3.52. The highest BCUT2D eigenvalue weighted by atomic mass is 35.5. The molecule has 168 valence electrons. The molecule has 1 aliphatic heterocycles. The molecule has 7 nitrogen and oxygen atoms in total. The number of methoxy groups -OCH3 is 1. The van der Waals surface area contributed by atoms with Gasteiger partial charge in [-0.05, 0) is 61.7 Å². The average Bonchev–Trinajstić information content (AvgIpc) is 3.43. The molecule has 1 aliphatic rings. The summed E-state index contributed by atoms with van der Waals surface area (Å²) in [5.74, 6) is 1.56. The van der Waals surface area contributed by atoms with E-state index in [0.717, 1.165) is 47.8 Å². The number of benzene rings is 1. The fraction of sp³-hybridized carbons (Fsp3) is 0.250. The van der Waals surface area contributed by atoms with E-state index < -0.39 is 0 Å². The van der Waals surface area contributed by atoms with E-state index >= 15 is 0 Å². The molecule has 1 atom stereocenters. The van der Waals surface area contributed by atoms with E-state index in [2.05, 4.69) is 15.1 Å². The second-order valence-electron chi connectivity index (χ2n) is 7.93. The van der Waals surface area contributed by atoms with Gasteiger partial charge in [-0.1, -0.05) is 17.7 Å². The average molecular weight is 465 g/mol. The van der Waals surface area contributed by atoms with E-state index in [1.807, 2.05) is 46.7 Å². The van der Waals surface area contributed by atoms with Crippen molar-refractivity contribution in [1.82, 2.24) is 29.3 Å². The van der Waals surface area contributed by atoms with Crippen LogP contribution in [0.5, 0.6) is 5.88 Å². The zero-order valence-corrected chi connectivity index (χ0v) is 19.0. The summed E-state index contributed by atoms with van der Waals surface area (Å²) in [6.45, 7) is 2.72. The molecular formula is C24H22ClFN6O. The summed E-state index contributed by atoms with van der Waals surface area (Å²) in [4.78, 5) is 13.6. The molecule has 0 spiro atoms. The van der Waals surface area contributed by atoms with Crippen molar-refractivity contribution in [3.05, 3.63) is 82.3 Å². The number of rotatable bonds is 5. The van der Waals surface area contributed by atoms with Gasteiger partial charge in [0.2, 0.25) is 5.88 Å². The molecule has 1 aromatic carbocycles. The highest BCUT2D eigenvalue weighted by Gasteiger charge is 2.27. The van der Waals surface area contributed by atoms with Crippen LogP contribution in [0, 0.1) is 12.7 Å². The van der Waals surface area contributed by atoms with E-state index in [1.54, 1.807) is 19.5 Å². The van der Waals surface area contributed by atoms with E-state index in [-0.39, 0.29) is 11.7 Å². The number of aromatic nitrogens is 6. The Labute approximate surface area is 195 Å². The van der Waals surface area contributed by atoms with Crippen LogP contribution >= 0.6 is 11.6 Å². The SMILES string of the molecule is COc1nc(/C=C/c2nc3n(n2)CCC[C@H]3c2ccc(F)cc2Cl)ccc1-n1cnc(C)c1. The fourth-order valence-corrected chi connectivity index (χ4v) is 4.42. The molecule has 3 aromatic heterocycles. The predicted octanol–water partition coefficient (Wildman–Crippen LogP) is 5.06. The molecule has 33 heavy (non-hydrogen) atoms. The Morgan fingerprint density at radius 2 is 2.06 bits per heavy atom. The normalized spacial score (nSPS) is 15.7. The molecule has 5 rings (SSSR count). The maximum atomic E-state index is 13.5. The van der Waals surface area contributed by atoms with E-state index in [4.69, 9.17) is 21.3 Å². The molecule has 0 bridgehead atoms. The molecule has 0 radical (unpaired) electrons. The van der Waals surface area contributed by atoms with Crippen LogP contribution in [0.15, 0.2) is 42.9 Å². The third-order valence-electron chi connectivity index (χ3n) is 5.68. The van der Waals surface area contributed by atoms with E-state index in [0.29, 0.717) is 16.7 Å². The summed E-state index contributed by atoms with van der Waals surface area (Å²) >= 11 is 6.33. The molecule has 0 fully saturated rings. The molecule has 0 saturated carbocycles. The highest BCUT2D eigenvalue weighted by molar-refractivity contribution is 6.31. The molecular weight excluding hydrogens is 443 g/mol. The third-order valence-corrected chi connectivity index (χ3v) is 6.00. The lowest BCUT2D eigenvalue weighted by molar-refractivity contribution is 0.395. The number of ether oxygens (including phenoxy) is 1. The molecule has 4 aromatic rings. The zero-order valence-electron chi connectivity index (χ0n) is 18.2. The van der Waals surface area contributed by atoms with Crippen molar-refractivity contribution in [2.75, 3.05) is 7.11 Å². The number of hydrogen-bond acceptors (Lipinski definition) is 5. The summed E-state index contributed by atoms with van der Waals surface area (Å²) in [5, 5.41) is 5.04. The Morgan fingerprint density at radius 3 is 2.82 bits per heavy atom. The fourth-order valence-electron chi connectivity index (χ4n) is 4.12. The molecule has 0 unspecified atom stereocenters. The van der Waals surface area contributed by atoms with Crippen molar-refractivity contribution in [3.8, 4) is 11.6 Å². The first-order valence-electron chi connectivity index (χ1n) is 10.7. The van der Waals surface area contributed by atoms with E-state index in [9.17, 15) is 4.39 Å². The van der Waals surface area contributed by atoms with Gasteiger partial charge in [0.05, 0.1) is 24.8 Å². The predicted molar refractivity (Wildman–Crippen MR) is 124 cm³/mol. The second-order valence-corrected chi connectivity index (χ2v) is 8.34. The minimum Gasteiger partial charge on any atom is -0.479 e. The Morgan fingerprint density at radius 1 is 1.18 bits per heavy atom. The molecule has 0 aliphatic carbocycles. The van der Waals surface area contributed by atoms with Crippen molar-refractivity contribution in [2.24, 2.45) is 0 Å². The quantitative estimate of drug-likeness (QED) is 0.412. The summed E-state index contributed by atoms with van der Waals surface area (Å²) in [7, 11) is 1.59. The Kier molecular flexibility index (Phi) is 5.68. The van der Waals surface area contributed by atoms with Crippen LogP contribution in [-0.2, 0) is 6.54 Å². The Balaban J connectivity index is 1.42. The topological polar surface area (TPSA) is 70.7 Å². The largest absolute Gasteiger partial charge is 0.479 e. The van der Waals surface area contributed by atoms with Gasteiger partial charge < -0.3 is 9.30 Å². The molecule has 4 heterocycles. The highest BCUT2D eigenvalue weighted by Crippen LogP contribution is 2.36. The van der Waals surface area contributed by atoms with Crippen LogP contribution in [0.3, 0.4) is 0 Å². The lowest BCUT2D eigenvalue weighted by Gasteiger charge is -2.23. The maximum Gasteiger partial charge on any atom is 0.238 e. The molecule has 0 saturated heterocycles. The van der Waals surface area contributed by atoms with Crippen LogP contribution < -0.4 is 4.74 Å². The van der Waals surface area contributed by atoms with Gasteiger partial charge >= 0.3 is 0 Å². The standard InChI is InChI=1S/C24H22ClFN6O/c1-15-13-31(14-27-15)21-9-6-17(28-24(21)33-2)7-10-22-29-23-19(4-3-11-32(23)30-22)18-8-5-16(26)12-20(18)25/h5-10,12-14,19H,3-4,11H2,1-2H3/b10-7+/t19-/m0/s1. The monoisotopic (exact) mass is 464 g/mol. The van der Waals surface area contributed by atoms with Gasteiger partial charge in [0, 0.05) is 23.7 Å². The van der Waals surface area contributed by atoms with Crippen LogP contribution in [0.1, 0.15) is 47.4 Å². The number of pyridine rings is 1. The van der Waals surface area contributed by atoms with Crippen molar-refractivity contribution >= 4 is 23.8 Å². The smallest absolute Gasteiger partial charge is 0.238 e. The van der Waals surface area contributed by atoms with Crippen LogP contribution in [0.4, 0.5) is 4.39 Å². The maximum absolute atomic E-state index is 13.5. The number of halogens is 2. The number of nitrogens with zero attached hydrogens (tertiary/aromatic N) is 6. The number of imidazole rings is 1. The van der Waals surface area contributed by atoms with Gasteiger partial charge in [0.1, 0.15) is 17.3 Å². The summed E-state index contributed by atoms with van der Waals surface area (Å²) in [6, 6.07) is 8.36. The van der Waals surface area contributed by atoms with Crippen molar-refractivity contribution in [3.63, 3.8) is 0 Å². The zero-order chi connectivity index (χ0) is 22.9. The van der Waals surface area contributed by atoms with Crippen LogP contribution in [0.2, 0.25) is 5.02 Å². The van der Waals surface area contributed by atoms with Crippen molar-refractivity contribution in [2.45, 2.75) is 32.2 Å². The van der Waals surface area contributed by atoms with E-state index in [1.165, 1.54) is 12.1 Å². The van der Waals surface area contributed by atoms with Gasteiger partial charge in [0.15, 0.2) is 5.82 Å². The first kappa shape index (κ1) is 21.3. The minimum absolute atomic E-state index is 0.0161. The second kappa shape index (κ2) is 8.78. The number of aryl methyl sites for hydroxylation is 2. The molecule has 0 amide bonds. The molecule has 9 heteroatoms. The van der Waals surface area contributed by atoms with Crippen molar-refractivity contribution < 1.29 is 9.13 Å². The number of hydrogen-bond donors (Lipinski definition) is 0. The third kappa shape index (κ3) is 4.26. The lowest BCUT2D eigenvalue weighted by atomic mass is 9.91. The van der Waals surface area contributed by atoms with Crippen molar-refractivity contribution in [1.29, 1.82) is 0 Å². The summed E-state index contributed by atoms with van der Waals surface area (Å²) < 4.78 is 22.8. The number of fused-ring (bicyclic) bond motifs is 1. The first-order chi connectivity index (χ1) is 16.0. The minimum atomic E-state index is -0.346.